The van der Waals surface area contributed by atoms with Crippen LogP contribution in [-0.4, -0.2) is 44.3 Å². The molecule has 3 N–H and O–H groups in total. The van der Waals surface area contributed by atoms with E-state index in [0.717, 1.165) is 33.3 Å². The van der Waals surface area contributed by atoms with Crippen molar-refractivity contribution in [2.24, 2.45) is 0 Å². The first-order valence-electron chi connectivity index (χ1n) is 12.4. The molecule has 3 aromatic heterocycles. The Balaban J connectivity index is 1.50. The van der Waals surface area contributed by atoms with Gasteiger partial charge >= 0.3 is 6.36 Å². The molecule has 0 aliphatic carbocycles. The molecule has 0 aliphatic heterocycles. The molecule has 0 atom stereocenters. The van der Waals surface area contributed by atoms with E-state index in [-0.39, 0.29) is 32.9 Å². The summed E-state index contributed by atoms with van der Waals surface area (Å²) in [6.45, 7) is 3.59. The Hall–Kier alpha value is -5.11. The van der Waals surface area contributed by atoms with Gasteiger partial charge in [-0.05, 0) is 68.4 Å². The van der Waals surface area contributed by atoms with Crippen molar-refractivity contribution in [2.75, 3.05) is 5.73 Å². The first kappa shape index (κ1) is 27.1. The Morgan fingerprint density at radius 1 is 1.00 bits per heavy atom. The van der Waals surface area contributed by atoms with Crippen LogP contribution in [0.1, 0.15) is 27.4 Å². The number of aryl methyl sites for hydroxylation is 2. The lowest BCUT2D eigenvalue weighted by Crippen LogP contribution is -2.19. The molecule has 0 spiro atoms. The van der Waals surface area contributed by atoms with Crippen LogP contribution in [0.2, 0.25) is 0 Å². The summed E-state index contributed by atoms with van der Waals surface area (Å²) in [5.41, 5.74) is 8.63. The fourth-order valence-corrected chi connectivity index (χ4v) is 6.24. The number of imidazole rings is 1. The first-order chi connectivity index (χ1) is 19.8. The molecule has 14 heteroatoms. The summed E-state index contributed by atoms with van der Waals surface area (Å²) in [4.78, 5) is 21.3. The minimum absolute atomic E-state index is 0.0283. The number of benzene rings is 3. The molecule has 0 saturated heterocycles. The van der Waals surface area contributed by atoms with Gasteiger partial charge in [-0.15, -0.1) is 13.2 Å². The minimum atomic E-state index is -4.97. The van der Waals surface area contributed by atoms with Crippen molar-refractivity contribution < 1.29 is 31.1 Å². The molecule has 10 nitrogen and oxygen atoms in total. The normalized spacial score (nSPS) is 12.3. The van der Waals surface area contributed by atoms with E-state index in [1.165, 1.54) is 29.1 Å². The number of H-pyrrole nitrogens is 1. The Bertz CT molecular complexity index is 2130. The second-order valence-corrected chi connectivity index (χ2v) is 11.4. The number of nitrogens with one attached hydrogen (secondary N) is 1. The number of carbonyl (C=O) groups is 1. The quantitative estimate of drug-likeness (QED) is 0.251. The van der Waals surface area contributed by atoms with Gasteiger partial charge in [0.2, 0.25) is 5.78 Å². The summed E-state index contributed by atoms with van der Waals surface area (Å²) < 4.78 is 72.5. The number of hydrogen-bond acceptors (Lipinski definition) is 7. The third-order valence-electron chi connectivity index (χ3n) is 6.63. The third-order valence-corrected chi connectivity index (χ3v) is 8.38. The van der Waals surface area contributed by atoms with E-state index in [0.29, 0.717) is 17.0 Å². The molecule has 3 heterocycles. The highest BCUT2D eigenvalue weighted by atomic mass is 32.2. The van der Waals surface area contributed by atoms with Gasteiger partial charge in [0, 0.05) is 5.39 Å². The molecule has 0 amide bonds. The Labute approximate surface area is 236 Å². The second-order valence-electron chi connectivity index (χ2n) is 9.59. The largest absolute Gasteiger partial charge is 0.573 e. The number of nitrogen functional groups attached to an aromatic ring is 1. The van der Waals surface area contributed by atoms with E-state index in [4.69, 9.17) is 5.73 Å². The number of rotatable bonds is 6. The molecule has 6 aromatic rings. The number of carbonyl (C=O) groups excluding carboxylic acids is 1. The second kappa shape index (κ2) is 9.48. The molecule has 6 rings (SSSR count). The van der Waals surface area contributed by atoms with Gasteiger partial charge in [0.25, 0.3) is 10.0 Å². The fraction of sp³-hybridized carbons (Fsp3) is 0.107. The van der Waals surface area contributed by atoms with Crippen molar-refractivity contribution in [3.8, 4) is 11.4 Å². The van der Waals surface area contributed by atoms with Gasteiger partial charge in [0.1, 0.15) is 23.1 Å². The Morgan fingerprint density at radius 3 is 2.45 bits per heavy atom. The predicted octanol–water partition coefficient (Wildman–Crippen LogP) is 5.27. The molecule has 0 fully saturated rings. The van der Waals surface area contributed by atoms with Crippen molar-refractivity contribution in [1.82, 2.24) is 23.7 Å². The van der Waals surface area contributed by atoms with Gasteiger partial charge in [-0.2, -0.15) is 5.10 Å². The van der Waals surface area contributed by atoms with E-state index in [1.54, 1.807) is 44.2 Å². The standard InChI is InChI=1S/C28H21F3N6O4S/c1-15-3-7-20(8-4-15)42(39,40)37-24-10-6-19(41-28(29,30)31)11-17(24)12-25(37)26(38)21-14-33-36(27(21)32)18-5-9-22-23(13-18)35-16(2)34-22/h3-14H,32H2,1-2H3,(H,34,35). The summed E-state index contributed by atoms with van der Waals surface area (Å²) in [6, 6.07) is 15.5. The molecule has 0 bridgehead atoms. The van der Waals surface area contributed by atoms with Crippen LogP contribution in [0.3, 0.4) is 0 Å². The Morgan fingerprint density at radius 2 is 1.74 bits per heavy atom. The first-order valence-corrected chi connectivity index (χ1v) is 13.8. The Kier molecular flexibility index (Phi) is 6.11. The molecular weight excluding hydrogens is 573 g/mol. The lowest BCUT2D eigenvalue weighted by molar-refractivity contribution is -0.274. The lowest BCUT2D eigenvalue weighted by Gasteiger charge is -2.12. The lowest BCUT2D eigenvalue weighted by atomic mass is 10.1. The van der Waals surface area contributed by atoms with Crippen molar-refractivity contribution in [1.29, 1.82) is 0 Å². The SMILES string of the molecule is Cc1ccc(S(=O)(=O)n2c(C(=O)c3cnn(-c4ccc5nc(C)[nH]c5c4)c3N)cc3cc(OC(F)(F)F)ccc32)cc1. The number of alkyl halides is 3. The molecule has 0 saturated carbocycles. The molecule has 3 aromatic carbocycles. The van der Waals surface area contributed by atoms with Crippen molar-refractivity contribution >= 4 is 43.6 Å². The van der Waals surface area contributed by atoms with Crippen LogP contribution >= 0.6 is 0 Å². The molecule has 214 valence electrons. The van der Waals surface area contributed by atoms with Crippen LogP contribution in [0.15, 0.2) is 77.8 Å². The van der Waals surface area contributed by atoms with Crippen molar-refractivity contribution in [2.45, 2.75) is 25.1 Å². The highest BCUT2D eigenvalue weighted by Crippen LogP contribution is 2.33. The zero-order valence-corrected chi connectivity index (χ0v) is 22.8. The maximum Gasteiger partial charge on any atom is 0.573 e. The van der Waals surface area contributed by atoms with E-state index in [9.17, 15) is 26.4 Å². The maximum absolute atomic E-state index is 13.9. The number of ether oxygens (including phenoxy) is 1. The van der Waals surface area contributed by atoms with Crippen LogP contribution in [0.25, 0.3) is 27.6 Å². The van der Waals surface area contributed by atoms with E-state index in [1.807, 2.05) is 0 Å². The summed E-state index contributed by atoms with van der Waals surface area (Å²) in [5, 5.41) is 4.28. The summed E-state index contributed by atoms with van der Waals surface area (Å²) in [7, 11) is -4.40. The third kappa shape index (κ3) is 4.64. The fourth-order valence-electron chi connectivity index (χ4n) is 4.73. The van der Waals surface area contributed by atoms with E-state index < -0.39 is 27.9 Å². The van der Waals surface area contributed by atoms with Crippen LogP contribution in [-0.2, 0) is 10.0 Å². The van der Waals surface area contributed by atoms with Crippen LogP contribution in [0.5, 0.6) is 5.75 Å². The molecular formula is C28H21F3N6O4S. The number of anilines is 1. The number of halogens is 3. The van der Waals surface area contributed by atoms with Gasteiger partial charge in [0.15, 0.2) is 0 Å². The monoisotopic (exact) mass is 594 g/mol. The summed E-state index contributed by atoms with van der Waals surface area (Å²) in [6.07, 6.45) is -3.76. The number of hydrogen-bond donors (Lipinski definition) is 2. The zero-order valence-electron chi connectivity index (χ0n) is 22.0. The van der Waals surface area contributed by atoms with Crippen molar-refractivity contribution in [3.05, 3.63) is 95.6 Å². The van der Waals surface area contributed by atoms with E-state index in [2.05, 4.69) is 19.8 Å². The van der Waals surface area contributed by atoms with Gasteiger partial charge in [-0.1, -0.05) is 17.7 Å². The summed E-state index contributed by atoms with van der Waals surface area (Å²) in [5.74, 6) is -0.739. The average molecular weight is 595 g/mol. The van der Waals surface area contributed by atoms with Crippen molar-refractivity contribution in [3.63, 3.8) is 0 Å². The molecule has 42 heavy (non-hydrogen) atoms. The molecule has 0 radical (unpaired) electrons. The number of aromatic amines is 1. The smallest absolute Gasteiger partial charge is 0.406 e. The number of fused-ring (bicyclic) bond motifs is 2. The molecule has 0 unspecified atom stereocenters. The number of ketones is 1. The minimum Gasteiger partial charge on any atom is -0.406 e. The maximum atomic E-state index is 13.9. The van der Waals surface area contributed by atoms with Gasteiger partial charge in [-0.25, -0.2) is 22.1 Å². The highest BCUT2D eigenvalue weighted by molar-refractivity contribution is 7.90. The van der Waals surface area contributed by atoms with E-state index >= 15 is 0 Å². The average Bonchev–Trinajstić information content (AvgIpc) is 3.60. The topological polar surface area (TPSA) is 138 Å². The van der Waals surface area contributed by atoms with Crippen LogP contribution < -0.4 is 10.5 Å². The van der Waals surface area contributed by atoms with Gasteiger partial charge in [0.05, 0.1) is 38.9 Å². The predicted molar refractivity (Wildman–Crippen MR) is 148 cm³/mol. The van der Waals surface area contributed by atoms with Gasteiger partial charge < -0.3 is 15.5 Å². The van der Waals surface area contributed by atoms with Crippen LogP contribution in [0.4, 0.5) is 19.0 Å². The highest BCUT2D eigenvalue weighted by Gasteiger charge is 2.33. The number of aromatic nitrogens is 5. The number of nitrogens with zero attached hydrogens (tertiary/aromatic N) is 4. The number of nitrogens with two attached hydrogens (primary N) is 1. The summed E-state index contributed by atoms with van der Waals surface area (Å²) >= 11 is 0. The van der Waals surface area contributed by atoms with Gasteiger partial charge in [-0.3, -0.25) is 4.79 Å². The van der Waals surface area contributed by atoms with Crippen LogP contribution in [0, 0.1) is 13.8 Å². The molecule has 0 aliphatic rings. The zero-order chi connectivity index (χ0) is 30.0.